The van der Waals surface area contributed by atoms with E-state index in [9.17, 15) is 19.8 Å². The number of benzene rings is 1. The van der Waals surface area contributed by atoms with E-state index in [-0.39, 0.29) is 18.2 Å². The van der Waals surface area contributed by atoms with Crippen LogP contribution in [0.3, 0.4) is 0 Å². The van der Waals surface area contributed by atoms with Gasteiger partial charge in [0, 0.05) is 18.0 Å². The number of ether oxygens (including phenoxy) is 3. The first-order chi connectivity index (χ1) is 14.7. The van der Waals surface area contributed by atoms with Crippen molar-refractivity contribution in [3.63, 3.8) is 0 Å². The van der Waals surface area contributed by atoms with Gasteiger partial charge in [0.15, 0.2) is 23.7 Å². The molecule has 1 aromatic rings. The first-order valence-corrected chi connectivity index (χ1v) is 10.3. The second-order valence-electron chi connectivity index (χ2n) is 8.82. The quantitative estimate of drug-likeness (QED) is 0.566. The molecule has 0 amide bonds. The molecule has 2 heterocycles. The van der Waals surface area contributed by atoms with E-state index in [0.717, 1.165) is 17.7 Å². The Morgan fingerprint density at radius 2 is 2.16 bits per heavy atom. The average molecular weight is 431 g/mol. The molecule has 3 N–H and O–H groups in total. The minimum atomic E-state index is -1.79. The Labute approximate surface area is 178 Å². The minimum Gasteiger partial charge on any atom is -0.493 e. The van der Waals surface area contributed by atoms with Crippen LogP contribution in [0.2, 0.25) is 0 Å². The molecular formula is C22H25NO8. The molecule has 2 aliphatic carbocycles. The van der Waals surface area contributed by atoms with Gasteiger partial charge in [-0.25, -0.2) is 4.79 Å². The molecule has 1 aromatic carbocycles. The summed E-state index contributed by atoms with van der Waals surface area (Å²) in [4.78, 5) is 25.4. The molecule has 5 rings (SSSR count). The number of likely N-dealkylation sites (tertiary alicyclic amines) is 1. The summed E-state index contributed by atoms with van der Waals surface area (Å²) in [6, 6.07) is 3.71. The zero-order chi connectivity index (χ0) is 22.1. The van der Waals surface area contributed by atoms with Gasteiger partial charge < -0.3 is 34.4 Å². The van der Waals surface area contributed by atoms with Crippen LogP contribution in [0.4, 0.5) is 0 Å². The second kappa shape index (κ2) is 6.69. The minimum absolute atomic E-state index is 0.134. The predicted octanol–water partition coefficient (Wildman–Crippen LogP) is 0.352. The third-order valence-corrected chi connectivity index (χ3v) is 7.42. The molecule has 31 heavy (non-hydrogen) atoms. The summed E-state index contributed by atoms with van der Waals surface area (Å²) in [7, 11) is 3.55. The van der Waals surface area contributed by atoms with Gasteiger partial charge >= 0.3 is 11.9 Å². The maximum Gasteiger partial charge on any atom is 0.340 e. The fourth-order valence-electron chi connectivity index (χ4n) is 6.02. The Morgan fingerprint density at radius 3 is 2.87 bits per heavy atom. The molecule has 1 saturated heterocycles. The fourth-order valence-corrected chi connectivity index (χ4v) is 6.02. The van der Waals surface area contributed by atoms with Gasteiger partial charge in [-0.2, -0.15) is 0 Å². The molecular weight excluding hydrogens is 406 g/mol. The van der Waals surface area contributed by atoms with Gasteiger partial charge in [-0.1, -0.05) is 6.07 Å². The first-order valence-electron chi connectivity index (χ1n) is 10.3. The number of aliphatic hydroxyl groups excluding tert-OH is 1. The number of carbonyl (C=O) groups excluding carboxylic acids is 1. The number of methoxy groups -OCH3 is 1. The number of rotatable bonds is 5. The van der Waals surface area contributed by atoms with E-state index in [1.54, 1.807) is 13.2 Å². The Morgan fingerprint density at radius 1 is 1.39 bits per heavy atom. The number of likely N-dealkylation sites (N-methyl/N-ethyl adjacent to an activating group) is 1. The fraction of sp³-hybridized carbons (Fsp3) is 0.545. The largest absolute Gasteiger partial charge is 0.493 e. The highest BCUT2D eigenvalue weighted by molar-refractivity contribution is 5.81. The molecule has 1 spiro atoms. The second-order valence-corrected chi connectivity index (χ2v) is 8.82. The monoisotopic (exact) mass is 431 g/mol. The highest BCUT2D eigenvalue weighted by atomic mass is 16.6. The van der Waals surface area contributed by atoms with Crippen molar-refractivity contribution < 1.29 is 39.1 Å². The van der Waals surface area contributed by atoms with Crippen molar-refractivity contribution in [2.75, 3.05) is 20.7 Å². The van der Waals surface area contributed by atoms with Crippen LogP contribution < -0.4 is 9.47 Å². The summed E-state index contributed by atoms with van der Waals surface area (Å²) in [5.41, 5.74) is 0.00341. The standard InChI is InChI=1S/C22H25NO8/c1-23-8-7-21-17-11-3-4-13(29-2)18(17)31-19(21)14(5-6-22(21,28)15(23)9-11)30-20(27)12(24)10-16(25)26/h3-5,12,15,19,24,28H,6-10H2,1-2H3,(H,25,26)/t12-,15+,19-,21-,22+/m0/s1. The SMILES string of the molecule is COc1ccc2c3c1O[C@H]1C(OC(=O)[C@@H](O)CC(=O)O)=CC[C@@]4(O)[C@@H](C2)N(C)CC[C@]314. The molecule has 0 aromatic heterocycles. The molecule has 1 fully saturated rings. The number of carboxylic acids is 1. The topological polar surface area (TPSA) is 126 Å². The summed E-state index contributed by atoms with van der Waals surface area (Å²) < 4.78 is 17.3. The van der Waals surface area contributed by atoms with Gasteiger partial charge in [-0.15, -0.1) is 0 Å². The lowest BCUT2D eigenvalue weighted by molar-refractivity contribution is -0.173. The Balaban J connectivity index is 1.61. The van der Waals surface area contributed by atoms with Crippen LogP contribution in [0.25, 0.3) is 0 Å². The van der Waals surface area contributed by atoms with Crippen LogP contribution in [0.15, 0.2) is 24.0 Å². The highest BCUT2D eigenvalue weighted by Gasteiger charge is 2.72. The summed E-state index contributed by atoms with van der Waals surface area (Å²) in [6.07, 6.45) is -0.203. The number of hydrogen-bond donors (Lipinski definition) is 3. The maximum atomic E-state index is 12.4. The van der Waals surface area contributed by atoms with Crippen LogP contribution in [0, 0.1) is 0 Å². The molecule has 2 aliphatic heterocycles. The third kappa shape index (κ3) is 2.54. The van der Waals surface area contributed by atoms with Crippen LogP contribution in [0.5, 0.6) is 11.5 Å². The number of aliphatic hydroxyl groups is 2. The van der Waals surface area contributed by atoms with Crippen LogP contribution in [0.1, 0.15) is 30.4 Å². The van der Waals surface area contributed by atoms with Crippen molar-refractivity contribution in [1.29, 1.82) is 0 Å². The lowest BCUT2D eigenvalue weighted by atomic mass is 9.50. The van der Waals surface area contributed by atoms with Gasteiger partial charge in [-0.3, -0.25) is 4.79 Å². The molecule has 4 aliphatic rings. The Hall–Kier alpha value is -2.62. The number of carboxylic acid groups (broad SMARTS) is 1. The number of hydrogen-bond acceptors (Lipinski definition) is 8. The number of esters is 1. The van der Waals surface area contributed by atoms with Crippen molar-refractivity contribution in [3.8, 4) is 11.5 Å². The van der Waals surface area contributed by atoms with Crippen molar-refractivity contribution in [2.45, 2.75) is 54.9 Å². The number of piperidine rings is 1. The van der Waals surface area contributed by atoms with E-state index in [0.29, 0.717) is 24.3 Å². The van der Waals surface area contributed by atoms with E-state index in [1.807, 2.05) is 19.2 Å². The summed E-state index contributed by atoms with van der Waals surface area (Å²) in [6.45, 7) is 0.728. The van der Waals surface area contributed by atoms with Crippen molar-refractivity contribution in [3.05, 3.63) is 35.1 Å². The Bertz CT molecular complexity index is 1010. The Kier molecular flexibility index (Phi) is 4.38. The number of nitrogens with zero attached hydrogens (tertiary/aromatic N) is 1. The van der Waals surface area contributed by atoms with Gasteiger partial charge in [-0.05, 0) is 44.1 Å². The molecule has 0 radical (unpaired) electrons. The average Bonchev–Trinajstić information content (AvgIpc) is 3.07. The zero-order valence-electron chi connectivity index (χ0n) is 17.3. The van der Waals surface area contributed by atoms with Crippen LogP contribution >= 0.6 is 0 Å². The molecule has 166 valence electrons. The molecule has 9 heteroatoms. The zero-order valence-corrected chi connectivity index (χ0v) is 17.3. The first kappa shape index (κ1) is 20.3. The maximum absolute atomic E-state index is 12.4. The van der Waals surface area contributed by atoms with E-state index in [1.165, 1.54) is 0 Å². The molecule has 9 nitrogen and oxygen atoms in total. The lowest BCUT2D eigenvalue weighted by Gasteiger charge is -2.61. The van der Waals surface area contributed by atoms with Crippen molar-refractivity contribution in [2.24, 2.45) is 0 Å². The van der Waals surface area contributed by atoms with Crippen molar-refractivity contribution >= 4 is 11.9 Å². The predicted molar refractivity (Wildman–Crippen MR) is 106 cm³/mol. The molecule has 0 saturated carbocycles. The van der Waals surface area contributed by atoms with E-state index in [4.69, 9.17) is 19.3 Å². The normalized spacial score (nSPS) is 33.6. The number of aliphatic carboxylic acids is 1. The summed E-state index contributed by atoms with van der Waals surface area (Å²) >= 11 is 0. The van der Waals surface area contributed by atoms with Gasteiger partial charge in [0.1, 0.15) is 5.76 Å². The smallest absolute Gasteiger partial charge is 0.340 e. The summed E-state index contributed by atoms with van der Waals surface area (Å²) in [5.74, 6) is -1.09. The molecule has 2 bridgehead atoms. The van der Waals surface area contributed by atoms with Gasteiger partial charge in [0.05, 0.1) is 24.5 Å². The van der Waals surface area contributed by atoms with Crippen LogP contribution in [-0.4, -0.2) is 76.7 Å². The van der Waals surface area contributed by atoms with Gasteiger partial charge in [0.25, 0.3) is 0 Å². The van der Waals surface area contributed by atoms with E-state index < -0.39 is 41.6 Å². The highest BCUT2D eigenvalue weighted by Crippen LogP contribution is 2.65. The van der Waals surface area contributed by atoms with E-state index in [2.05, 4.69) is 4.90 Å². The third-order valence-electron chi connectivity index (χ3n) is 7.42. The van der Waals surface area contributed by atoms with E-state index >= 15 is 0 Å². The van der Waals surface area contributed by atoms with Crippen LogP contribution in [-0.2, 0) is 26.2 Å². The lowest BCUT2D eigenvalue weighted by Crippen LogP contribution is -2.74. The van der Waals surface area contributed by atoms with Gasteiger partial charge in [0.2, 0.25) is 0 Å². The summed E-state index contributed by atoms with van der Waals surface area (Å²) in [5, 5.41) is 30.8. The van der Waals surface area contributed by atoms with Crippen molar-refractivity contribution in [1.82, 2.24) is 4.90 Å². The number of carbonyl (C=O) groups is 2. The molecule has 5 atom stereocenters. The molecule has 0 unspecified atom stereocenters.